The highest BCUT2D eigenvalue weighted by Crippen LogP contribution is 2.34. The third kappa shape index (κ3) is 2.41. The summed E-state index contributed by atoms with van der Waals surface area (Å²) in [6.07, 6.45) is 0. The fourth-order valence-electron chi connectivity index (χ4n) is 1.94. The van der Waals surface area contributed by atoms with E-state index in [9.17, 15) is 4.79 Å². The van der Waals surface area contributed by atoms with Gasteiger partial charge in [0.1, 0.15) is 5.75 Å². The zero-order valence-electron chi connectivity index (χ0n) is 10.8. The number of carbonyl (C=O) groups is 1. The number of hydrogen-bond acceptors (Lipinski definition) is 4. The van der Waals surface area contributed by atoms with Crippen LogP contribution in [-0.2, 0) is 4.79 Å². The molecule has 0 bridgehead atoms. The van der Waals surface area contributed by atoms with Crippen LogP contribution in [-0.4, -0.2) is 32.7 Å². The third-order valence-corrected chi connectivity index (χ3v) is 3.09. The fourth-order valence-corrected chi connectivity index (χ4v) is 1.94. The number of nitrogens with two attached hydrogens (primary N) is 1. The molecule has 1 heterocycles. The molecule has 0 fully saturated rings. The van der Waals surface area contributed by atoms with Crippen LogP contribution in [0.2, 0.25) is 0 Å². The molecular weight excluding hydrogens is 230 g/mol. The zero-order chi connectivity index (χ0) is 13.1. The first-order valence-electron chi connectivity index (χ1n) is 6.10. The van der Waals surface area contributed by atoms with E-state index >= 15 is 0 Å². The molecule has 5 nitrogen and oxygen atoms in total. The first kappa shape index (κ1) is 12.7. The van der Waals surface area contributed by atoms with Gasteiger partial charge >= 0.3 is 0 Å². The van der Waals surface area contributed by atoms with Crippen LogP contribution in [0.4, 0.5) is 11.4 Å². The Bertz CT molecular complexity index is 448. The summed E-state index contributed by atoms with van der Waals surface area (Å²) in [7, 11) is 1.85. The minimum absolute atomic E-state index is 0.0175. The van der Waals surface area contributed by atoms with Crippen molar-refractivity contribution in [3.8, 4) is 5.75 Å². The number of amides is 1. The average molecular weight is 249 g/mol. The zero-order valence-corrected chi connectivity index (χ0v) is 10.8. The second-order valence-electron chi connectivity index (χ2n) is 4.57. The van der Waals surface area contributed by atoms with Crippen molar-refractivity contribution in [1.82, 2.24) is 0 Å². The molecule has 5 heteroatoms. The molecule has 98 valence electrons. The second kappa shape index (κ2) is 5.27. The molecule has 2 rings (SSSR count). The molecule has 1 unspecified atom stereocenters. The average Bonchev–Trinajstić information content (AvgIpc) is 2.41. The van der Waals surface area contributed by atoms with Crippen LogP contribution in [0.3, 0.4) is 0 Å². The standard InChI is InChI=1S/C13H19N3O2/c1-9(6-14)7-16-11-5-10(15-2)3-4-12(11)18-8-13(16)17/h3-5,9,15H,6-8,14H2,1-2H3. The number of benzene rings is 1. The Morgan fingerprint density at radius 2 is 2.33 bits per heavy atom. The van der Waals surface area contributed by atoms with Gasteiger partial charge in [-0.2, -0.15) is 0 Å². The Morgan fingerprint density at radius 1 is 1.56 bits per heavy atom. The molecule has 0 aliphatic carbocycles. The first-order valence-corrected chi connectivity index (χ1v) is 6.10. The van der Waals surface area contributed by atoms with E-state index in [-0.39, 0.29) is 18.4 Å². The minimum Gasteiger partial charge on any atom is -0.482 e. The largest absolute Gasteiger partial charge is 0.482 e. The Hall–Kier alpha value is -1.75. The van der Waals surface area contributed by atoms with E-state index in [1.807, 2.05) is 32.2 Å². The molecule has 0 saturated heterocycles. The highest BCUT2D eigenvalue weighted by Gasteiger charge is 2.26. The Balaban J connectivity index is 2.32. The molecule has 1 aromatic carbocycles. The summed E-state index contributed by atoms with van der Waals surface area (Å²) < 4.78 is 5.43. The van der Waals surface area contributed by atoms with Gasteiger partial charge in [0.2, 0.25) is 0 Å². The molecule has 0 spiro atoms. The maximum absolute atomic E-state index is 11.9. The van der Waals surface area contributed by atoms with Gasteiger partial charge < -0.3 is 20.7 Å². The lowest BCUT2D eigenvalue weighted by atomic mass is 10.1. The first-order chi connectivity index (χ1) is 8.65. The summed E-state index contributed by atoms with van der Waals surface area (Å²) in [5.74, 6) is 0.993. The summed E-state index contributed by atoms with van der Waals surface area (Å²) >= 11 is 0. The van der Waals surface area contributed by atoms with Gasteiger partial charge in [0.25, 0.3) is 5.91 Å². The van der Waals surface area contributed by atoms with Gasteiger partial charge in [-0.3, -0.25) is 4.79 Å². The lowest BCUT2D eigenvalue weighted by molar-refractivity contribution is -0.121. The number of nitrogens with one attached hydrogen (secondary N) is 1. The molecule has 1 atom stereocenters. The highest BCUT2D eigenvalue weighted by molar-refractivity contribution is 5.98. The van der Waals surface area contributed by atoms with Gasteiger partial charge in [-0.1, -0.05) is 6.92 Å². The monoisotopic (exact) mass is 249 g/mol. The van der Waals surface area contributed by atoms with E-state index in [1.54, 1.807) is 4.90 Å². The van der Waals surface area contributed by atoms with Crippen molar-refractivity contribution in [2.45, 2.75) is 6.92 Å². The number of carbonyl (C=O) groups excluding carboxylic acids is 1. The molecule has 1 amide bonds. The molecule has 1 aliphatic rings. The van der Waals surface area contributed by atoms with Crippen molar-refractivity contribution < 1.29 is 9.53 Å². The summed E-state index contributed by atoms with van der Waals surface area (Å²) in [6, 6.07) is 5.74. The SMILES string of the molecule is CNc1ccc2c(c1)N(CC(C)CN)C(=O)CO2. The van der Waals surface area contributed by atoms with Crippen molar-refractivity contribution in [2.24, 2.45) is 11.7 Å². The number of ether oxygens (including phenoxy) is 1. The van der Waals surface area contributed by atoms with Gasteiger partial charge in [0, 0.05) is 19.3 Å². The van der Waals surface area contributed by atoms with E-state index < -0.39 is 0 Å². The van der Waals surface area contributed by atoms with Crippen molar-refractivity contribution in [1.29, 1.82) is 0 Å². The maximum Gasteiger partial charge on any atom is 0.265 e. The van der Waals surface area contributed by atoms with Crippen LogP contribution in [0, 0.1) is 5.92 Å². The van der Waals surface area contributed by atoms with Gasteiger partial charge in [0.15, 0.2) is 6.61 Å². The fraction of sp³-hybridized carbons (Fsp3) is 0.462. The van der Waals surface area contributed by atoms with E-state index in [2.05, 4.69) is 5.32 Å². The van der Waals surface area contributed by atoms with Crippen LogP contribution < -0.4 is 20.7 Å². The number of nitrogens with zero attached hydrogens (tertiary/aromatic N) is 1. The second-order valence-corrected chi connectivity index (χ2v) is 4.57. The van der Waals surface area contributed by atoms with Crippen molar-refractivity contribution in [2.75, 3.05) is 37.0 Å². The summed E-state index contributed by atoms with van der Waals surface area (Å²) in [4.78, 5) is 13.7. The minimum atomic E-state index is -0.0175. The molecular formula is C13H19N3O2. The van der Waals surface area contributed by atoms with Gasteiger partial charge in [0.05, 0.1) is 5.69 Å². The number of hydrogen-bond donors (Lipinski definition) is 2. The predicted octanol–water partition coefficient (Wildman–Crippen LogP) is 1.05. The van der Waals surface area contributed by atoms with E-state index in [0.717, 1.165) is 17.1 Å². The third-order valence-electron chi connectivity index (χ3n) is 3.09. The summed E-state index contributed by atoms with van der Waals surface area (Å²) in [5.41, 5.74) is 7.40. The van der Waals surface area contributed by atoms with Crippen LogP contribution in [0.1, 0.15) is 6.92 Å². The number of rotatable bonds is 4. The molecule has 0 radical (unpaired) electrons. The Labute approximate surface area is 107 Å². The smallest absolute Gasteiger partial charge is 0.265 e. The Morgan fingerprint density at radius 3 is 3.00 bits per heavy atom. The molecule has 1 aromatic rings. The van der Waals surface area contributed by atoms with Crippen LogP contribution in [0.25, 0.3) is 0 Å². The molecule has 1 aliphatic heterocycles. The summed E-state index contributed by atoms with van der Waals surface area (Å²) in [6.45, 7) is 3.32. The number of fused-ring (bicyclic) bond motifs is 1. The van der Waals surface area contributed by atoms with E-state index in [1.165, 1.54) is 0 Å². The van der Waals surface area contributed by atoms with Gasteiger partial charge in [-0.25, -0.2) is 0 Å². The molecule has 0 aromatic heterocycles. The van der Waals surface area contributed by atoms with E-state index in [0.29, 0.717) is 13.1 Å². The highest BCUT2D eigenvalue weighted by atomic mass is 16.5. The van der Waals surface area contributed by atoms with E-state index in [4.69, 9.17) is 10.5 Å². The van der Waals surface area contributed by atoms with Gasteiger partial charge in [-0.05, 0) is 30.7 Å². The lowest BCUT2D eigenvalue weighted by Gasteiger charge is -2.31. The van der Waals surface area contributed by atoms with Crippen LogP contribution in [0.15, 0.2) is 18.2 Å². The predicted molar refractivity (Wildman–Crippen MR) is 72.1 cm³/mol. The topological polar surface area (TPSA) is 67.6 Å². The van der Waals surface area contributed by atoms with Crippen molar-refractivity contribution >= 4 is 17.3 Å². The number of anilines is 2. The van der Waals surface area contributed by atoms with Crippen molar-refractivity contribution in [3.05, 3.63) is 18.2 Å². The molecule has 3 N–H and O–H groups in total. The summed E-state index contributed by atoms with van der Waals surface area (Å²) in [5, 5.41) is 3.06. The molecule has 0 saturated carbocycles. The quantitative estimate of drug-likeness (QED) is 0.837. The lowest BCUT2D eigenvalue weighted by Crippen LogP contribution is -2.42. The normalized spacial score (nSPS) is 15.9. The Kier molecular flexibility index (Phi) is 3.72. The molecule has 18 heavy (non-hydrogen) atoms. The van der Waals surface area contributed by atoms with Crippen LogP contribution in [0.5, 0.6) is 5.75 Å². The maximum atomic E-state index is 11.9. The van der Waals surface area contributed by atoms with Gasteiger partial charge in [-0.15, -0.1) is 0 Å². The van der Waals surface area contributed by atoms with Crippen molar-refractivity contribution in [3.63, 3.8) is 0 Å². The van der Waals surface area contributed by atoms with Crippen LogP contribution >= 0.6 is 0 Å².